The van der Waals surface area contributed by atoms with Crippen molar-refractivity contribution in [2.24, 2.45) is 0 Å². The summed E-state index contributed by atoms with van der Waals surface area (Å²) >= 11 is 0. The van der Waals surface area contributed by atoms with Crippen LogP contribution in [0, 0.1) is 20.8 Å². The molecule has 0 aliphatic rings. The third kappa shape index (κ3) is 3.83. The quantitative estimate of drug-likeness (QED) is 0.735. The second kappa shape index (κ2) is 6.60. The second-order valence-corrected chi connectivity index (χ2v) is 7.46. The summed E-state index contributed by atoms with van der Waals surface area (Å²) in [4.78, 5) is -0.137. The van der Waals surface area contributed by atoms with Gasteiger partial charge in [-0.05, 0) is 68.3 Å². The van der Waals surface area contributed by atoms with E-state index in [4.69, 9.17) is 0 Å². The Morgan fingerprint density at radius 3 is 2.30 bits per heavy atom. The van der Waals surface area contributed by atoms with Crippen LogP contribution in [0.2, 0.25) is 0 Å². The van der Waals surface area contributed by atoms with Crippen LogP contribution >= 0.6 is 0 Å². The molecule has 0 aromatic heterocycles. The van der Waals surface area contributed by atoms with Crippen LogP contribution in [0.4, 0.5) is 5.69 Å². The molecule has 0 amide bonds. The first kappa shape index (κ1) is 17.3. The predicted molar refractivity (Wildman–Crippen MR) is 92.3 cm³/mol. The van der Waals surface area contributed by atoms with Crippen LogP contribution in [-0.4, -0.2) is 20.6 Å². The first-order valence-electron chi connectivity index (χ1n) is 7.32. The van der Waals surface area contributed by atoms with Crippen LogP contribution in [0.5, 0.6) is 5.75 Å². The third-order valence-corrected chi connectivity index (χ3v) is 5.40. The Bertz CT molecular complexity index is 830. The first-order valence-corrected chi connectivity index (χ1v) is 8.80. The molecule has 0 unspecified atom stereocenters. The Morgan fingerprint density at radius 2 is 1.65 bits per heavy atom. The second-order valence-electron chi connectivity index (χ2n) is 5.61. The molecule has 0 atom stereocenters. The minimum absolute atomic E-state index is 0.137. The zero-order valence-electron chi connectivity index (χ0n) is 13.8. The first-order chi connectivity index (χ1) is 10.7. The van der Waals surface area contributed by atoms with Crippen LogP contribution in [0.1, 0.15) is 22.3 Å². The highest BCUT2D eigenvalue weighted by Gasteiger charge is 2.17. The van der Waals surface area contributed by atoms with Crippen LogP contribution in [-0.2, 0) is 16.6 Å². The summed E-state index contributed by atoms with van der Waals surface area (Å²) in [5.41, 5.74) is 5.44. The molecule has 5 nitrogen and oxygen atoms in total. The maximum atomic E-state index is 11.9. The molecule has 0 fully saturated rings. The van der Waals surface area contributed by atoms with E-state index in [-0.39, 0.29) is 10.6 Å². The van der Waals surface area contributed by atoms with Crippen molar-refractivity contribution in [3.8, 4) is 5.75 Å². The van der Waals surface area contributed by atoms with Gasteiger partial charge in [0.1, 0.15) is 10.6 Å². The molecular weight excluding hydrogens is 312 g/mol. The van der Waals surface area contributed by atoms with Gasteiger partial charge in [-0.15, -0.1) is 0 Å². The van der Waals surface area contributed by atoms with Crippen LogP contribution in [0.15, 0.2) is 35.2 Å². The summed E-state index contributed by atoms with van der Waals surface area (Å²) in [6.07, 6.45) is 0. The van der Waals surface area contributed by atoms with Gasteiger partial charge < -0.3 is 10.4 Å². The fraction of sp³-hybridized carbons (Fsp3) is 0.294. The molecule has 0 heterocycles. The lowest BCUT2D eigenvalue weighted by atomic mass is 10.0. The minimum Gasteiger partial charge on any atom is -0.507 e. The molecule has 0 aliphatic heterocycles. The lowest BCUT2D eigenvalue weighted by Crippen LogP contribution is -2.18. The SMILES string of the molecule is CNS(=O)(=O)c1cc(NCc2cc(C)c(C)cc2C)ccc1O. The van der Waals surface area contributed by atoms with Gasteiger partial charge in [-0.25, -0.2) is 13.1 Å². The molecule has 0 aliphatic carbocycles. The van der Waals surface area contributed by atoms with E-state index in [1.54, 1.807) is 6.07 Å². The highest BCUT2D eigenvalue weighted by atomic mass is 32.2. The molecule has 0 saturated carbocycles. The van der Waals surface area contributed by atoms with Gasteiger partial charge in [0, 0.05) is 12.2 Å². The largest absolute Gasteiger partial charge is 0.507 e. The molecule has 124 valence electrons. The van der Waals surface area contributed by atoms with Crippen molar-refractivity contribution in [3.63, 3.8) is 0 Å². The van der Waals surface area contributed by atoms with Gasteiger partial charge in [0.15, 0.2) is 0 Å². The smallest absolute Gasteiger partial charge is 0.244 e. The Balaban J connectivity index is 2.25. The lowest BCUT2D eigenvalue weighted by molar-refractivity contribution is 0.458. The van der Waals surface area contributed by atoms with Gasteiger partial charge in [0.2, 0.25) is 10.0 Å². The van der Waals surface area contributed by atoms with Gasteiger partial charge in [-0.3, -0.25) is 0 Å². The Kier molecular flexibility index (Phi) is 4.97. The monoisotopic (exact) mass is 334 g/mol. The number of anilines is 1. The fourth-order valence-electron chi connectivity index (χ4n) is 2.36. The van der Waals surface area contributed by atoms with Crippen molar-refractivity contribution in [3.05, 3.63) is 52.6 Å². The highest BCUT2D eigenvalue weighted by Crippen LogP contribution is 2.26. The van der Waals surface area contributed by atoms with Gasteiger partial charge in [0.25, 0.3) is 0 Å². The van der Waals surface area contributed by atoms with Gasteiger partial charge in [0.05, 0.1) is 0 Å². The van der Waals surface area contributed by atoms with E-state index in [9.17, 15) is 13.5 Å². The number of phenols is 1. The molecule has 0 spiro atoms. The maximum Gasteiger partial charge on any atom is 0.244 e. The Morgan fingerprint density at radius 1 is 1.00 bits per heavy atom. The summed E-state index contributed by atoms with van der Waals surface area (Å²) in [6, 6.07) is 8.72. The molecule has 2 rings (SSSR count). The number of aryl methyl sites for hydroxylation is 3. The van der Waals surface area contributed by atoms with E-state index in [1.807, 2.05) is 0 Å². The molecule has 0 radical (unpaired) electrons. The van der Waals surface area contributed by atoms with Gasteiger partial charge in [-0.2, -0.15) is 0 Å². The number of hydrogen-bond donors (Lipinski definition) is 3. The molecule has 2 aromatic carbocycles. The van der Waals surface area contributed by atoms with E-state index >= 15 is 0 Å². The topological polar surface area (TPSA) is 78.4 Å². The van der Waals surface area contributed by atoms with Crippen molar-refractivity contribution in [2.45, 2.75) is 32.2 Å². The van der Waals surface area contributed by atoms with Crippen molar-refractivity contribution in [1.82, 2.24) is 4.72 Å². The molecule has 0 bridgehead atoms. The van der Waals surface area contributed by atoms with E-state index in [0.717, 1.165) is 5.56 Å². The molecule has 0 saturated heterocycles. The van der Waals surface area contributed by atoms with Crippen LogP contribution in [0.3, 0.4) is 0 Å². The van der Waals surface area contributed by atoms with E-state index in [2.05, 4.69) is 42.9 Å². The molecular formula is C17H22N2O3S. The average Bonchev–Trinajstić information content (AvgIpc) is 2.50. The van der Waals surface area contributed by atoms with Crippen molar-refractivity contribution < 1.29 is 13.5 Å². The number of benzene rings is 2. The van der Waals surface area contributed by atoms with Crippen LogP contribution < -0.4 is 10.0 Å². The fourth-order valence-corrected chi connectivity index (χ4v) is 3.20. The number of aromatic hydroxyl groups is 1. The van der Waals surface area contributed by atoms with E-state index in [0.29, 0.717) is 12.2 Å². The summed E-state index contributed by atoms with van der Waals surface area (Å²) in [5.74, 6) is -0.271. The predicted octanol–water partition coefficient (Wildman–Crippen LogP) is 2.84. The van der Waals surface area contributed by atoms with E-state index < -0.39 is 10.0 Å². The standard InChI is InChI=1S/C17H22N2O3S/c1-11-7-13(3)14(8-12(11)2)10-19-15-5-6-16(20)17(9-15)23(21,22)18-4/h5-9,18-20H,10H2,1-4H3. The molecule has 2 aromatic rings. The Hall–Kier alpha value is -2.05. The highest BCUT2D eigenvalue weighted by molar-refractivity contribution is 7.89. The van der Waals surface area contributed by atoms with Crippen molar-refractivity contribution in [1.29, 1.82) is 0 Å². The normalized spacial score (nSPS) is 11.5. The zero-order valence-corrected chi connectivity index (χ0v) is 14.6. The molecule has 3 N–H and O–H groups in total. The number of nitrogens with one attached hydrogen (secondary N) is 2. The number of hydrogen-bond acceptors (Lipinski definition) is 4. The maximum absolute atomic E-state index is 11.9. The molecule has 23 heavy (non-hydrogen) atoms. The van der Waals surface area contributed by atoms with Gasteiger partial charge in [-0.1, -0.05) is 12.1 Å². The van der Waals surface area contributed by atoms with Crippen molar-refractivity contribution >= 4 is 15.7 Å². The van der Waals surface area contributed by atoms with E-state index in [1.165, 1.54) is 35.9 Å². The zero-order chi connectivity index (χ0) is 17.2. The molecule has 6 heteroatoms. The summed E-state index contributed by atoms with van der Waals surface area (Å²) in [6.45, 7) is 6.78. The Labute approximate surface area is 137 Å². The minimum atomic E-state index is -3.69. The van der Waals surface area contributed by atoms with Crippen molar-refractivity contribution in [2.75, 3.05) is 12.4 Å². The number of sulfonamides is 1. The van der Waals surface area contributed by atoms with Gasteiger partial charge >= 0.3 is 0 Å². The number of rotatable bonds is 5. The third-order valence-electron chi connectivity index (χ3n) is 3.95. The average molecular weight is 334 g/mol. The number of phenolic OH excluding ortho intramolecular Hbond substituents is 1. The summed E-state index contributed by atoms with van der Waals surface area (Å²) in [5, 5.41) is 13.0. The summed E-state index contributed by atoms with van der Waals surface area (Å²) < 4.78 is 26.0. The summed E-state index contributed by atoms with van der Waals surface area (Å²) in [7, 11) is -2.38. The van der Waals surface area contributed by atoms with Crippen LogP contribution in [0.25, 0.3) is 0 Å². The lowest BCUT2D eigenvalue weighted by Gasteiger charge is -2.13.